The van der Waals surface area contributed by atoms with Gasteiger partial charge >= 0.3 is 6.18 Å². The number of pyridine rings is 1. The maximum absolute atomic E-state index is 12.5. The third-order valence-corrected chi connectivity index (χ3v) is 6.69. The summed E-state index contributed by atoms with van der Waals surface area (Å²) in [4.78, 5) is 30.7. The lowest BCUT2D eigenvalue weighted by molar-refractivity contribution is -0.148. The number of carbonyl (C=O) groups is 2. The van der Waals surface area contributed by atoms with E-state index in [0.717, 1.165) is 36.3 Å². The fourth-order valence-corrected chi connectivity index (χ4v) is 4.64. The van der Waals surface area contributed by atoms with Crippen molar-refractivity contribution in [3.63, 3.8) is 0 Å². The molecule has 38 heavy (non-hydrogen) atoms. The van der Waals surface area contributed by atoms with Crippen molar-refractivity contribution in [2.45, 2.75) is 37.9 Å². The van der Waals surface area contributed by atoms with E-state index in [2.05, 4.69) is 26.0 Å². The molecule has 0 saturated carbocycles. The zero-order valence-corrected chi connectivity index (χ0v) is 20.6. The first-order valence-corrected chi connectivity index (χ1v) is 12.5. The maximum Gasteiger partial charge on any atom is 0.389 e. The largest absolute Gasteiger partial charge is 0.389 e. The summed E-state index contributed by atoms with van der Waals surface area (Å²) in [5.41, 5.74) is 3.74. The van der Waals surface area contributed by atoms with Gasteiger partial charge in [0, 0.05) is 55.1 Å². The van der Waals surface area contributed by atoms with Crippen LogP contribution in [0.4, 0.5) is 24.8 Å². The Morgan fingerprint density at radius 3 is 2.66 bits per heavy atom. The highest BCUT2D eigenvalue weighted by Gasteiger charge is 2.29. The number of halogens is 3. The number of nitrogens with zero attached hydrogens (tertiary/aromatic N) is 4. The summed E-state index contributed by atoms with van der Waals surface area (Å²) in [6, 6.07) is 11.0. The van der Waals surface area contributed by atoms with Crippen molar-refractivity contribution in [2.24, 2.45) is 0 Å². The van der Waals surface area contributed by atoms with Gasteiger partial charge in [-0.3, -0.25) is 9.59 Å². The first kappa shape index (κ1) is 25.7. The van der Waals surface area contributed by atoms with Crippen LogP contribution in [-0.4, -0.2) is 69.7 Å². The number of fused-ring (bicyclic) bond motifs is 1. The number of hydrogen-bond acceptors (Lipinski definition) is 6. The molecular formula is C26H28F3N7O2. The predicted octanol–water partition coefficient (Wildman–Crippen LogP) is 3.52. The minimum atomic E-state index is -4.34. The lowest BCUT2D eigenvalue weighted by Gasteiger charge is -2.27. The zero-order valence-electron chi connectivity index (χ0n) is 20.6. The molecule has 9 nitrogen and oxygen atoms in total. The second-order valence-corrected chi connectivity index (χ2v) is 9.43. The summed E-state index contributed by atoms with van der Waals surface area (Å²) < 4.78 is 39.0. The number of carbonyl (C=O) groups excluding carboxylic acids is 2. The Morgan fingerprint density at radius 1 is 1.16 bits per heavy atom. The Bertz CT molecular complexity index is 1350. The van der Waals surface area contributed by atoms with Crippen LogP contribution >= 0.6 is 0 Å². The van der Waals surface area contributed by atoms with Crippen LogP contribution in [0.1, 0.15) is 41.6 Å². The summed E-state index contributed by atoms with van der Waals surface area (Å²) in [7, 11) is 0. The standard InChI is InChI=1S/C26H28F3N7O2/c27-26(28,29)11-7-22(37)35-14-9-17(10-15-35)21-2-1-13-36-23(21)33-25(34-36)32-19-5-3-18(4-6-19)24(38)31-20-8-12-30-16-20/h1-6,9,13,20,30H,7-8,10-12,14-16H2,(H,31,38)(H,32,34). The molecule has 1 saturated heterocycles. The number of nitrogens with one attached hydrogen (secondary N) is 3. The van der Waals surface area contributed by atoms with Gasteiger partial charge in [0.15, 0.2) is 5.65 Å². The molecule has 2 aliphatic rings. The third kappa shape index (κ3) is 6.13. The minimum absolute atomic E-state index is 0.109. The second kappa shape index (κ2) is 10.8. The molecule has 1 unspecified atom stereocenters. The first-order chi connectivity index (χ1) is 18.2. The number of aromatic nitrogens is 3. The van der Waals surface area contributed by atoms with Crippen molar-refractivity contribution in [3.05, 3.63) is 59.8 Å². The predicted molar refractivity (Wildman–Crippen MR) is 136 cm³/mol. The average molecular weight is 528 g/mol. The molecule has 2 aliphatic heterocycles. The highest BCUT2D eigenvalue weighted by atomic mass is 19.4. The molecular weight excluding hydrogens is 499 g/mol. The van der Waals surface area contributed by atoms with Crippen molar-refractivity contribution in [2.75, 3.05) is 31.5 Å². The van der Waals surface area contributed by atoms with E-state index < -0.39 is 24.9 Å². The maximum atomic E-state index is 12.5. The average Bonchev–Trinajstić information content (AvgIpc) is 3.56. The van der Waals surface area contributed by atoms with Crippen LogP contribution in [0.3, 0.4) is 0 Å². The van der Waals surface area contributed by atoms with Gasteiger partial charge in [-0.15, -0.1) is 5.10 Å². The molecule has 1 fully saturated rings. The molecule has 5 rings (SSSR count). The summed E-state index contributed by atoms with van der Waals surface area (Å²) in [6.45, 7) is 2.29. The van der Waals surface area contributed by atoms with Gasteiger partial charge in [-0.1, -0.05) is 6.08 Å². The van der Waals surface area contributed by atoms with Crippen LogP contribution < -0.4 is 16.0 Å². The summed E-state index contributed by atoms with van der Waals surface area (Å²) in [5.74, 6) is -0.224. The zero-order chi connectivity index (χ0) is 26.7. The van der Waals surface area contributed by atoms with Gasteiger partial charge in [-0.2, -0.15) is 18.2 Å². The fourth-order valence-electron chi connectivity index (χ4n) is 4.64. The van der Waals surface area contributed by atoms with E-state index >= 15 is 0 Å². The molecule has 0 aliphatic carbocycles. The number of alkyl halides is 3. The van der Waals surface area contributed by atoms with Crippen molar-refractivity contribution in [1.82, 2.24) is 30.1 Å². The highest BCUT2D eigenvalue weighted by molar-refractivity contribution is 5.94. The summed E-state index contributed by atoms with van der Waals surface area (Å²) in [6.07, 6.45) is -0.927. The smallest absolute Gasteiger partial charge is 0.348 e. The van der Waals surface area contributed by atoms with Crippen LogP contribution in [0.5, 0.6) is 0 Å². The molecule has 0 bridgehead atoms. The normalized spacial score (nSPS) is 17.9. The quantitative estimate of drug-likeness (QED) is 0.435. The van der Waals surface area contributed by atoms with Gasteiger partial charge in [0.25, 0.3) is 5.91 Å². The van der Waals surface area contributed by atoms with Crippen molar-refractivity contribution >= 4 is 34.7 Å². The molecule has 1 atom stereocenters. The molecule has 1 aromatic carbocycles. The Kier molecular flexibility index (Phi) is 7.32. The number of rotatable bonds is 7. The Morgan fingerprint density at radius 2 is 1.97 bits per heavy atom. The van der Waals surface area contributed by atoms with Crippen molar-refractivity contribution < 1.29 is 22.8 Å². The van der Waals surface area contributed by atoms with E-state index in [1.165, 1.54) is 4.90 Å². The molecule has 2 amide bonds. The van der Waals surface area contributed by atoms with E-state index in [4.69, 9.17) is 0 Å². The number of amides is 2. The number of benzene rings is 1. The summed E-state index contributed by atoms with van der Waals surface area (Å²) in [5, 5.41) is 13.9. The Hall–Kier alpha value is -3.93. The van der Waals surface area contributed by atoms with E-state index in [9.17, 15) is 22.8 Å². The number of anilines is 2. The van der Waals surface area contributed by atoms with E-state index in [1.54, 1.807) is 35.0 Å². The molecule has 4 heterocycles. The lowest BCUT2D eigenvalue weighted by Crippen LogP contribution is -2.36. The molecule has 0 radical (unpaired) electrons. The molecule has 2 aromatic heterocycles. The van der Waals surface area contributed by atoms with Crippen LogP contribution in [0.2, 0.25) is 0 Å². The fraction of sp³-hybridized carbons (Fsp3) is 0.385. The van der Waals surface area contributed by atoms with E-state index in [-0.39, 0.29) is 18.5 Å². The molecule has 200 valence electrons. The van der Waals surface area contributed by atoms with Crippen LogP contribution in [0, 0.1) is 0 Å². The molecule has 0 spiro atoms. The summed E-state index contributed by atoms with van der Waals surface area (Å²) >= 11 is 0. The SMILES string of the molecule is O=C(NC1CCNC1)c1ccc(Nc2nc3c(C4=CCN(C(=O)CCC(F)(F)F)CC4)cccn3n2)cc1. The van der Waals surface area contributed by atoms with Crippen LogP contribution in [0.15, 0.2) is 48.7 Å². The van der Waals surface area contributed by atoms with Crippen molar-refractivity contribution in [3.8, 4) is 0 Å². The van der Waals surface area contributed by atoms with Gasteiger partial charge in [0.2, 0.25) is 11.9 Å². The van der Waals surface area contributed by atoms with Gasteiger partial charge < -0.3 is 20.9 Å². The third-order valence-electron chi connectivity index (χ3n) is 6.69. The minimum Gasteiger partial charge on any atom is -0.348 e. The second-order valence-electron chi connectivity index (χ2n) is 9.43. The van der Waals surface area contributed by atoms with Gasteiger partial charge in [0.05, 0.1) is 6.42 Å². The Balaban J connectivity index is 1.24. The van der Waals surface area contributed by atoms with Crippen molar-refractivity contribution in [1.29, 1.82) is 0 Å². The van der Waals surface area contributed by atoms with Gasteiger partial charge in [0.1, 0.15) is 0 Å². The molecule has 3 N–H and O–H groups in total. The van der Waals surface area contributed by atoms with E-state index in [0.29, 0.717) is 30.1 Å². The lowest BCUT2D eigenvalue weighted by atomic mass is 10.00. The van der Waals surface area contributed by atoms with Gasteiger partial charge in [-0.05, 0) is 61.4 Å². The van der Waals surface area contributed by atoms with Gasteiger partial charge in [-0.25, -0.2) is 4.52 Å². The van der Waals surface area contributed by atoms with E-state index in [1.807, 2.05) is 18.2 Å². The topological polar surface area (TPSA) is 104 Å². The Labute approximate surface area is 217 Å². The van der Waals surface area contributed by atoms with Crippen LogP contribution in [-0.2, 0) is 4.79 Å². The molecule has 12 heteroatoms. The number of hydrogen-bond donors (Lipinski definition) is 3. The van der Waals surface area contributed by atoms with Crippen LogP contribution in [0.25, 0.3) is 11.2 Å². The monoisotopic (exact) mass is 527 g/mol. The highest BCUT2D eigenvalue weighted by Crippen LogP contribution is 2.28. The molecule has 3 aromatic rings. The first-order valence-electron chi connectivity index (χ1n) is 12.5.